The van der Waals surface area contributed by atoms with Crippen molar-refractivity contribution in [1.29, 1.82) is 0 Å². The van der Waals surface area contributed by atoms with Crippen molar-refractivity contribution in [2.75, 3.05) is 13.1 Å². The van der Waals surface area contributed by atoms with Crippen molar-refractivity contribution in [2.24, 2.45) is 7.05 Å². The van der Waals surface area contributed by atoms with Crippen LogP contribution in [0.5, 0.6) is 0 Å². The van der Waals surface area contributed by atoms with Gasteiger partial charge in [-0.05, 0) is 42.7 Å². The molecule has 0 bridgehead atoms. The fourth-order valence-electron chi connectivity index (χ4n) is 3.89. The van der Waals surface area contributed by atoms with Crippen LogP contribution in [0.25, 0.3) is 5.69 Å². The third-order valence-corrected chi connectivity index (χ3v) is 7.26. The Balaban J connectivity index is 1.52. The van der Waals surface area contributed by atoms with Gasteiger partial charge in [-0.25, -0.2) is 31.2 Å². The summed E-state index contributed by atoms with van der Waals surface area (Å²) in [6, 6.07) is 15.0. The number of hydrogen-bond donors (Lipinski definition) is 0. The van der Waals surface area contributed by atoms with Crippen LogP contribution in [0.15, 0.2) is 59.4 Å². The number of para-hydroxylation sites is 1. The summed E-state index contributed by atoms with van der Waals surface area (Å²) in [5.74, 6) is -0.0562. The third kappa shape index (κ3) is 4.08. The molecule has 0 atom stereocenters. The second kappa shape index (κ2) is 8.16. The lowest BCUT2D eigenvalue weighted by Gasteiger charge is -2.30. The number of hydrogen-bond acceptors (Lipinski definition) is 4. The smallest absolute Gasteiger partial charge is 0.247 e. The molecule has 0 saturated carbocycles. The Hall–Kier alpha value is -2.78. The first-order valence-electron chi connectivity index (χ1n) is 9.79. The predicted octanol–water partition coefficient (Wildman–Crippen LogP) is 2.42. The highest BCUT2D eigenvalue weighted by Crippen LogP contribution is 2.29. The summed E-state index contributed by atoms with van der Waals surface area (Å²) in [5.41, 5.74) is 0.948. The molecule has 0 spiro atoms. The van der Waals surface area contributed by atoms with E-state index < -0.39 is 15.8 Å². The first kappa shape index (κ1) is 20.5. The lowest BCUT2D eigenvalue weighted by atomic mass is 9.97. The second-order valence-electron chi connectivity index (χ2n) is 7.49. The Bertz CT molecular complexity index is 1200. The van der Waals surface area contributed by atoms with E-state index in [1.165, 1.54) is 27.2 Å². The minimum atomic E-state index is -3.55. The molecule has 2 heterocycles. The summed E-state index contributed by atoms with van der Waals surface area (Å²) >= 11 is 0. The van der Waals surface area contributed by atoms with Crippen molar-refractivity contribution >= 4 is 10.0 Å². The van der Waals surface area contributed by atoms with Gasteiger partial charge in [0.15, 0.2) is 0 Å². The van der Waals surface area contributed by atoms with E-state index in [0.29, 0.717) is 37.3 Å². The van der Waals surface area contributed by atoms with Gasteiger partial charge in [-0.1, -0.05) is 30.3 Å². The molecule has 1 aromatic heterocycles. The molecule has 1 fully saturated rings. The van der Waals surface area contributed by atoms with Gasteiger partial charge in [-0.2, -0.15) is 5.10 Å². The first-order valence-corrected chi connectivity index (χ1v) is 11.4. The van der Waals surface area contributed by atoms with Crippen LogP contribution in [0.2, 0.25) is 0 Å². The lowest BCUT2D eigenvalue weighted by molar-refractivity contribution is 0.311. The van der Waals surface area contributed by atoms with Crippen molar-refractivity contribution in [1.82, 2.24) is 18.7 Å². The lowest BCUT2D eigenvalue weighted by Crippen LogP contribution is -2.39. The van der Waals surface area contributed by atoms with Crippen LogP contribution < -0.4 is 5.69 Å². The summed E-state index contributed by atoms with van der Waals surface area (Å²) in [5, 5.41) is 4.43. The number of halogens is 1. The molecule has 1 aliphatic rings. The fourth-order valence-corrected chi connectivity index (χ4v) is 5.44. The van der Waals surface area contributed by atoms with Crippen molar-refractivity contribution < 1.29 is 12.8 Å². The van der Waals surface area contributed by atoms with E-state index in [1.54, 1.807) is 17.7 Å². The summed E-state index contributed by atoms with van der Waals surface area (Å²) in [6.07, 6.45) is 1.12. The van der Waals surface area contributed by atoms with Gasteiger partial charge in [-0.3, -0.25) is 0 Å². The third-order valence-electron chi connectivity index (χ3n) is 5.41. The summed E-state index contributed by atoms with van der Waals surface area (Å²) in [4.78, 5) is 12.6. The molecule has 4 rings (SSSR count). The van der Waals surface area contributed by atoms with Crippen LogP contribution in [0.1, 0.15) is 30.1 Å². The van der Waals surface area contributed by atoms with Gasteiger partial charge in [0, 0.05) is 26.1 Å². The van der Waals surface area contributed by atoms with E-state index in [9.17, 15) is 17.6 Å². The van der Waals surface area contributed by atoms with Crippen LogP contribution in [0, 0.1) is 5.82 Å². The van der Waals surface area contributed by atoms with Crippen LogP contribution in [-0.4, -0.2) is 40.2 Å². The van der Waals surface area contributed by atoms with E-state index in [0.717, 1.165) is 5.69 Å². The normalized spacial score (nSPS) is 16.1. The zero-order chi connectivity index (χ0) is 21.3. The van der Waals surface area contributed by atoms with Crippen molar-refractivity contribution in [3.8, 4) is 5.69 Å². The molecule has 3 aromatic rings. The van der Waals surface area contributed by atoms with E-state index in [4.69, 9.17) is 0 Å². The number of aromatic nitrogens is 3. The number of aryl methyl sites for hydroxylation is 1. The molecule has 2 aromatic carbocycles. The van der Waals surface area contributed by atoms with Crippen LogP contribution in [0.4, 0.5) is 4.39 Å². The first-order chi connectivity index (χ1) is 14.3. The zero-order valence-corrected chi connectivity index (χ0v) is 17.4. The maximum atomic E-state index is 13.4. The quantitative estimate of drug-likeness (QED) is 0.623. The Morgan fingerprint density at radius 3 is 2.43 bits per heavy atom. The minimum Gasteiger partial charge on any atom is -0.247 e. The molecule has 0 unspecified atom stereocenters. The SMILES string of the molecule is Cn1nc(C2CCN(S(=O)(=O)Cc3cccc(F)c3)CC2)n(-c2ccccc2)c1=O. The Labute approximate surface area is 174 Å². The van der Waals surface area contributed by atoms with Crippen LogP contribution >= 0.6 is 0 Å². The molecule has 0 aliphatic carbocycles. The Morgan fingerprint density at radius 2 is 1.77 bits per heavy atom. The van der Waals surface area contributed by atoms with Gasteiger partial charge in [-0.15, -0.1) is 0 Å². The molecule has 0 N–H and O–H groups in total. The van der Waals surface area contributed by atoms with E-state index >= 15 is 0 Å². The number of nitrogens with zero attached hydrogens (tertiary/aromatic N) is 4. The largest absolute Gasteiger partial charge is 0.350 e. The van der Waals surface area contributed by atoms with E-state index in [1.807, 2.05) is 30.3 Å². The maximum absolute atomic E-state index is 13.4. The molecule has 0 amide bonds. The topological polar surface area (TPSA) is 77.2 Å². The van der Waals surface area contributed by atoms with Crippen LogP contribution in [0.3, 0.4) is 0 Å². The standard InChI is InChI=1S/C21H23FN4O3S/c1-24-21(27)26(19-8-3-2-4-9-19)20(23-24)17-10-12-25(13-11-17)30(28,29)15-16-6-5-7-18(22)14-16/h2-9,14,17H,10-13,15H2,1H3. The highest BCUT2D eigenvalue weighted by atomic mass is 32.2. The van der Waals surface area contributed by atoms with Crippen molar-refractivity contribution in [3.05, 3.63) is 82.3 Å². The molecular weight excluding hydrogens is 407 g/mol. The van der Waals surface area contributed by atoms with E-state index in [-0.39, 0.29) is 17.4 Å². The average Bonchev–Trinajstić information content (AvgIpc) is 3.03. The Morgan fingerprint density at radius 1 is 1.07 bits per heavy atom. The van der Waals surface area contributed by atoms with Crippen molar-refractivity contribution in [2.45, 2.75) is 24.5 Å². The van der Waals surface area contributed by atoms with Gasteiger partial charge >= 0.3 is 5.69 Å². The van der Waals surface area contributed by atoms with Crippen molar-refractivity contribution in [3.63, 3.8) is 0 Å². The molecule has 7 nitrogen and oxygen atoms in total. The molecule has 0 radical (unpaired) electrons. The van der Waals surface area contributed by atoms with Gasteiger partial charge in [0.25, 0.3) is 0 Å². The maximum Gasteiger partial charge on any atom is 0.350 e. The highest BCUT2D eigenvalue weighted by Gasteiger charge is 2.32. The van der Waals surface area contributed by atoms with Gasteiger partial charge in [0.1, 0.15) is 11.6 Å². The van der Waals surface area contributed by atoms with Gasteiger partial charge in [0.2, 0.25) is 10.0 Å². The summed E-state index contributed by atoms with van der Waals surface area (Å²) in [6.45, 7) is 0.670. The molecule has 1 saturated heterocycles. The number of piperidine rings is 1. The number of rotatable bonds is 5. The highest BCUT2D eigenvalue weighted by molar-refractivity contribution is 7.88. The monoisotopic (exact) mass is 430 g/mol. The minimum absolute atomic E-state index is 0.0280. The second-order valence-corrected chi connectivity index (χ2v) is 9.46. The molecule has 1 aliphatic heterocycles. The molecule has 158 valence electrons. The van der Waals surface area contributed by atoms with Crippen LogP contribution in [-0.2, 0) is 22.8 Å². The Kier molecular flexibility index (Phi) is 5.57. The number of sulfonamides is 1. The molecule has 9 heteroatoms. The summed E-state index contributed by atoms with van der Waals surface area (Å²) < 4.78 is 43.3. The molecular formula is C21H23FN4O3S. The average molecular weight is 431 g/mol. The number of benzene rings is 2. The predicted molar refractivity (Wildman–Crippen MR) is 111 cm³/mol. The van der Waals surface area contributed by atoms with Gasteiger partial charge in [0.05, 0.1) is 11.4 Å². The molecule has 30 heavy (non-hydrogen) atoms. The van der Waals surface area contributed by atoms with E-state index in [2.05, 4.69) is 5.10 Å². The van der Waals surface area contributed by atoms with Gasteiger partial charge < -0.3 is 0 Å². The zero-order valence-electron chi connectivity index (χ0n) is 16.6. The summed E-state index contributed by atoms with van der Waals surface area (Å²) in [7, 11) is -1.94. The fraction of sp³-hybridized carbons (Fsp3) is 0.333.